The number of morpholine rings is 1. The summed E-state index contributed by atoms with van der Waals surface area (Å²) in [5, 5.41) is 1.03. The van der Waals surface area contributed by atoms with Crippen molar-refractivity contribution in [1.29, 1.82) is 0 Å². The van der Waals surface area contributed by atoms with Crippen LogP contribution in [0.15, 0.2) is 0 Å². The van der Waals surface area contributed by atoms with Gasteiger partial charge in [-0.2, -0.15) is 0 Å². The molecule has 0 bridgehead atoms. The van der Waals surface area contributed by atoms with E-state index >= 15 is 0 Å². The van der Waals surface area contributed by atoms with Crippen LogP contribution in [0.1, 0.15) is 60.9 Å². The second-order valence-electron chi connectivity index (χ2n) is 7.77. The number of aryl methyl sites for hydroxylation is 2. The standard InChI is InChI=1S/C19H27N3O2S/c1-7-13-10-22(8-9-24-13)17(23)15-11(2)14-12(3)20-18(19(4,5)6)21-16(14)25-15/h13H,7-10H2,1-6H3. The maximum absolute atomic E-state index is 13.1. The van der Waals surface area contributed by atoms with Gasteiger partial charge in [0.05, 0.1) is 23.3 Å². The van der Waals surface area contributed by atoms with Gasteiger partial charge >= 0.3 is 0 Å². The number of aromatic nitrogens is 2. The summed E-state index contributed by atoms with van der Waals surface area (Å²) in [5.74, 6) is 0.925. The molecule has 2 aromatic rings. The molecule has 0 saturated carbocycles. The first-order valence-corrected chi connectivity index (χ1v) is 9.73. The van der Waals surface area contributed by atoms with E-state index < -0.39 is 0 Å². The number of carbonyl (C=O) groups is 1. The van der Waals surface area contributed by atoms with Gasteiger partial charge in [0.1, 0.15) is 10.7 Å². The summed E-state index contributed by atoms with van der Waals surface area (Å²) in [6, 6.07) is 0. The minimum atomic E-state index is -0.112. The highest BCUT2D eigenvalue weighted by Crippen LogP contribution is 2.34. The zero-order valence-electron chi connectivity index (χ0n) is 16.0. The second-order valence-corrected chi connectivity index (χ2v) is 8.77. The third kappa shape index (κ3) is 3.42. The molecule has 0 N–H and O–H groups in total. The molecule has 5 nitrogen and oxygen atoms in total. The Kier molecular flexibility index (Phi) is 4.86. The van der Waals surface area contributed by atoms with Crippen molar-refractivity contribution < 1.29 is 9.53 Å². The smallest absolute Gasteiger partial charge is 0.264 e. The van der Waals surface area contributed by atoms with Crippen molar-refractivity contribution in [3.05, 3.63) is 22.0 Å². The fourth-order valence-corrected chi connectivity index (χ4v) is 4.37. The molecular formula is C19H27N3O2S. The van der Waals surface area contributed by atoms with Crippen LogP contribution in [-0.4, -0.2) is 46.6 Å². The fourth-order valence-electron chi connectivity index (χ4n) is 3.17. The summed E-state index contributed by atoms with van der Waals surface area (Å²) in [6.07, 6.45) is 1.07. The zero-order valence-corrected chi connectivity index (χ0v) is 16.8. The molecule has 1 atom stereocenters. The second kappa shape index (κ2) is 6.65. The number of ether oxygens (including phenoxy) is 1. The first-order chi connectivity index (χ1) is 11.7. The molecule has 0 aromatic carbocycles. The summed E-state index contributed by atoms with van der Waals surface area (Å²) < 4.78 is 5.69. The number of fused-ring (bicyclic) bond motifs is 1. The van der Waals surface area contributed by atoms with E-state index in [2.05, 4.69) is 27.7 Å². The number of nitrogens with zero attached hydrogens (tertiary/aromatic N) is 3. The van der Waals surface area contributed by atoms with E-state index in [9.17, 15) is 4.79 Å². The first-order valence-electron chi connectivity index (χ1n) is 8.91. The quantitative estimate of drug-likeness (QED) is 0.815. The molecule has 0 radical (unpaired) electrons. The van der Waals surface area contributed by atoms with Crippen LogP contribution in [0.2, 0.25) is 0 Å². The number of hydrogen-bond acceptors (Lipinski definition) is 5. The van der Waals surface area contributed by atoms with Crippen LogP contribution in [0.3, 0.4) is 0 Å². The Morgan fingerprint density at radius 3 is 2.68 bits per heavy atom. The van der Waals surface area contributed by atoms with Crippen LogP contribution in [0.5, 0.6) is 0 Å². The summed E-state index contributed by atoms with van der Waals surface area (Å²) in [7, 11) is 0. The Morgan fingerprint density at radius 1 is 1.32 bits per heavy atom. The third-order valence-corrected chi connectivity index (χ3v) is 5.89. The fraction of sp³-hybridized carbons (Fsp3) is 0.632. The monoisotopic (exact) mass is 361 g/mol. The minimum absolute atomic E-state index is 0.0963. The molecule has 0 aliphatic carbocycles. The van der Waals surface area contributed by atoms with Crippen LogP contribution in [0.25, 0.3) is 10.2 Å². The molecule has 1 aliphatic heterocycles. The Hall–Kier alpha value is -1.53. The topological polar surface area (TPSA) is 55.3 Å². The molecule has 3 heterocycles. The van der Waals surface area contributed by atoms with E-state index in [1.165, 1.54) is 11.3 Å². The highest BCUT2D eigenvalue weighted by atomic mass is 32.1. The van der Waals surface area contributed by atoms with Crippen LogP contribution in [0.4, 0.5) is 0 Å². The summed E-state index contributed by atoms with van der Waals surface area (Å²) in [5.41, 5.74) is 1.85. The number of amides is 1. The molecular weight excluding hydrogens is 334 g/mol. The summed E-state index contributed by atoms with van der Waals surface area (Å²) in [4.78, 5) is 26.2. The van der Waals surface area contributed by atoms with Crippen molar-refractivity contribution in [2.45, 2.75) is 59.5 Å². The van der Waals surface area contributed by atoms with Crippen molar-refractivity contribution in [2.24, 2.45) is 0 Å². The zero-order chi connectivity index (χ0) is 18.4. The Balaban J connectivity index is 2.01. The van der Waals surface area contributed by atoms with Crippen molar-refractivity contribution in [3.63, 3.8) is 0 Å². The van der Waals surface area contributed by atoms with Crippen LogP contribution < -0.4 is 0 Å². The van der Waals surface area contributed by atoms with Gasteiger partial charge in [-0.05, 0) is 25.8 Å². The average Bonchev–Trinajstić information content (AvgIpc) is 2.90. The van der Waals surface area contributed by atoms with Gasteiger partial charge in [0, 0.05) is 23.9 Å². The van der Waals surface area contributed by atoms with Gasteiger partial charge in [0.25, 0.3) is 5.91 Å². The Morgan fingerprint density at radius 2 is 2.04 bits per heavy atom. The van der Waals surface area contributed by atoms with Gasteiger partial charge in [-0.25, -0.2) is 9.97 Å². The normalized spacial score (nSPS) is 18.8. The van der Waals surface area contributed by atoms with E-state index in [0.717, 1.165) is 38.6 Å². The highest BCUT2D eigenvalue weighted by molar-refractivity contribution is 7.20. The largest absolute Gasteiger partial charge is 0.375 e. The van der Waals surface area contributed by atoms with E-state index in [1.807, 2.05) is 18.7 Å². The molecule has 1 saturated heterocycles. The molecule has 0 spiro atoms. The number of thiophene rings is 1. The molecule has 136 valence electrons. The van der Waals surface area contributed by atoms with Gasteiger partial charge in [0.2, 0.25) is 0 Å². The lowest BCUT2D eigenvalue weighted by Gasteiger charge is -2.32. The van der Waals surface area contributed by atoms with E-state index in [-0.39, 0.29) is 17.4 Å². The lowest BCUT2D eigenvalue weighted by atomic mass is 9.95. The maximum atomic E-state index is 13.1. The molecule has 3 rings (SSSR count). The van der Waals surface area contributed by atoms with Crippen molar-refractivity contribution >= 4 is 27.5 Å². The van der Waals surface area contributed by atoms with E-state index in [4.69, 9.17) is 14.7 Å². The molecule has 1 unspecified atom stereocenters. The van der Waals surface area contributed by atoms with Gasteiger partial charge in [-0.15, -0.1) is 11.3 Å². The average molecular weight is 362 g/mol. The number of hydrogen-bond donors (Lipinski definition) is 0. The summed E-state index contributed by atoms with van der Waals surface area (Å²) >= 11 is 1.50. The molecule has 2 aromatic heterocycles. The van der Waals surface area contributed by atoms with Crippen LogP contribution in [-0.2, 0) is 10.2 Å². The number of rotatable bonds is 2. The third-order valence-electron chi connectivity index (χ3n) is 4.72. The van der Waals surface area contributed by atoms with E-state index in [1.54, 1.807) is 0 Å². The van der Waals surface area contributed by atoms with E-state index in [0.29, 0.717) is 19.7 Å². The molecule has 6 heteroatoms. The highest BCUT2D eigenvalue weighted by Gasteiger charge is 2.28. The van der Waals surface area contributed by atoms with Gasteiger partial charge < -0.3 is 9.64 Å². The maximum Gasteiger partial charge on any atom is 0.264 e. The summed E-state index contributed by atoms with van der Waals surface area (Å²) in [6.45, 7) is 14.4. The molecule has 1 aliphatic rings. The lowest BCUT2D eigenvalue weighted by Crippen LogP contribution is -2.45. The minimum Gasteiger partial charge on any atom is -0.375 e. The number of carbonyl (C=O) groups excluding carboxylic acids is 1. The molecule has 1 fully saturated rings. The van der Waals surface area contributed by atoms with Crippen molar-refractivity contribution in [2.75, 3.05) is 19.7 Å². The molecule has 25 heavy (non-hydrogen) atoms. The first kappa shape index (κ1) is 18.3. The van der Waals surface area contributed by atoms with Crippen LogP contribution >= 0.6 is 11.3 Å². The Bertz CT molecular complexity index is 807. The van der Waals surface area contributed by atoms with Crippen molar-refractivity contribution in [1.82, 2.24) is 14.9 Å². The van der Waals surface area contributed by atoms with Gasteiger partial charge in [0.15, 0.2) is 0 Å². The van der Waals surface area contributed by atoms with Crippen molar-refractivity contribution in [3.8, 4) is 0 Å². The van der Waals surface area contributed by atoms with Gasteiger partial charge in [-0.3, -0.25) is 4.79 Å². The lowest BCUT2D eigenvalue weighted by molar-refractivity contribution is -0.0224. The molecule has 1 amide bonds. The Labute approximate surface area is 153 Å². The van der Waals surface area contributed by atoms with Crippen LogP contribution in [0, 0.1) is 13.8 Å². The predicted octanol–water partition coefficient (Wildman–Crippen LogP) is 3.86. The van der Waals surface area contributed by atoms with Gasteiger partial charge in [-0.1, -0.05) is 27.7 Å². The predicted molar refractivity (Wildman–Crippen MR) is 102 cm³/mol. The SMILES string of the molecule is CCC1CN(C(=O)c2sc3nc(C(C)(C)C)nc(C)c3c2C)CCO1.